The third-order valence-corrected chi connectivity index (χ3v) is 1.01. The Morgan fingerprint density at radius 1 is 1.50 bits per heavy atom. The van der Waals surface area contributed by atoms with Crippen molar-refractivity contribution in [2.45, 2.75) is 0 Å². The van der Waals surface area contributed by atoms with Gasteiger partial charge in [0.25, 0.3) is 0 Å². The molecule has 1 rings (SSSR count). The molecule has 0 bridgehead atoms. The van der Waals surface area contributed by atoms with Crippen molar-refractivity contribution in [2.24, 2.45) is 0 Å². The van der Waals surface area contributed by atoms with Crippen molar-refractivity contribution in [3.63, 3.8) is 0 Å². The van der Waals surface area contributed by atoms with Crippen LogP contribution in [0.15, 0.2) is 24.8 Å². The third kappa shape index (κ3) is 1.28. The molecule has 0 saturated carbocycles. The molecule has 0 aromatic carbocycles. The average Bonchev–Trinajstić information content (AvgIpc) is 2.05. The monoisotopic (exact) mass is 139 g/mol. The Labute approximate surface area is 58.1 Å². The maximum Gasteiger partial charge on any atom is 0.601 e. The molecule has 0 N–H and O–H groups in total. The summed E-state index contributed by atoms with van der Waals surface area (Å²) in [5, 5.41) is 0. The molecule has 0 saturated heterocycles. The van der Waals surface area contributed by atoms with Crippen molar-refractivity contribution in [1.82, 2.24) is 4.98 Å². The molecule has 0 atom stereocenters. The van der Waals surface area contributed by atoms with Crippen LogP contribution in [0.2, 0.25) is 0 Å². The summed E-state index contributed by atoms with van der Waals surface area (Å²) in [7, 11) is 1.33. The number of nitrogens with zero attached hydrogens (tertiary/aromatic N) is 2. The van der Waals surface area contributed by atoms with E-state index in [2.05, 4.69) is 9.72 Å². The van der Waals surface area contributed by atoms with E-state index in [-0.39, 0.29) is 0 Å². The first-order valence-corrected chi connectivity index (χ1v) is 2.74. The summed E-state index contributed by atoms with van der Waals surface area (Å²) in [6.07, 6.45) is 5.65. The van der Waals surface area contributed by atoms with E-state index in [0.717, 1.165) is 0 Å². The maximum absolute atomic E-state index is 10.7. The zero-order valence-electron chi connectivity index (χ0n) is 5.52. The summed E-state index contributed by atoms with van der Waals surface area (Å²) >= 11 is 0. The number of methoxy groups -OCH3 is 1. The van der Waals surface area contributed by atoms with Crippen LogP contribution in [0, 0.1) is 0 Å². The Kier molecular flexibility index (Phi) is 1.94. The highest BCUT2D eigenvalue weighted by molar-refractivity contribution is 5.56. The minimum absolute atomic E-state index is 0.414. The van der Waals surface area contributed by atoms with Crippen molar-refractivity contribution in [3.8, 4) is 0 Å². The Morgan fingerprint density at radius 3 is 2.60 bits per heavy atom. The fourth-order valence-corrected chi connectivity index (χ4v) is 0.547. The van der Waals surface area contributed by atoms with Gasteiger partial charge in [0.05, 0.1) is 19.5 Å². The van der Waals surface area contributed by atoms with Gasteiger partial charge in [0.15, 0.2) is 12.4 Å². The van der Waals surface area contributed by atoms with Crippen LogP contribution in [-0.2, 0) is 4.74 Å². The van der Waals surface area contributed by atoms with E-state index in [4.69, 9.17) is 0 Å². The summed E-state index contributed by atoms with van der Waals surface area (Å²) in [5.74, 6) is 0. The quantitative estimate of drug-likeness (QED) is 0.474. The molecule has 1 heterocycles. The van der Waals surface area contributed by atoms with E-state index in [1.807, 2.05) is 0 Å². The van der Waals surface area contributed by atoms with Crippen LogP contribution in [0.4, 0.5) is 4.79 Å². The minimum Gasteiger partial charge on any atom is -0.415 e. The van der Waals surface area contributed by atoms with Crippen LogP contribution >= 0.6 is 0 Å². The second-order valence-electron chi connectivity index (χ2n) is 1.62. The molecule has 0 aliphatic rings. The second-order valence-corrected chi connectivity index (χ2v) is 1.62. The van der Waals surface area contributed by atoms with E-state index < -0.39 is 6.09 Å². The predicted molar refractivity (Wildman–Crippen MR) is 32.2 cm³/mol. The van der Waals surface area contributed by atoms with E-state index in [0.29, 0.717) is 0 Å². The lowest BCUT2D eigenvalue weighted by Crippen LogP contribution is -2.41. The van der Waals surface area contributed by atoms with E-state index in [9.17, 15) is 4.79 Å². The first-order valence-electron chi connectivity index (χ1n) is 2.74. The van der Waals surface area contributed by atoms with E-state index in [1.54, 1.807) is 0 Å². The fourth-order valence-electron chi connectivity index (χ4n) is 0.547. The minimum atomic E-state index is -0.414. The molecule has 0 aliphatic carbocycles. The summed E-state index contributed by atoms with van der Waals surface area (Å²) in [6.45, 7) is 0. The van der Waals surface area contributed by atoms with Crippen molar-refractivity contribution in [2.75, 3.05) is 7.11 Å². The molecule has 52 valence electrons. The van der Waals surface area contributed by atoms with Gasteiger partial charge in [0.2, 0.25) is 0 Å². The zero-order chi connectivity index (χ0) is 7.40. The first kappa shape index (κ1) is 6.67. The molecule has 0 aliphatic heterocycles. The molecule has 1 aromatic heterocycles. The molecule has 4 heteroatoms. The van der Waals surface area contributed by atoms with Crippen molar-refractivity contribution in [3.05, 3.63) is 24.8 Å². The van der Waals surface area contributed by atoms with Gasteiger partial charge in [-0.15, -0.1) is 0 Å². The fraction of sp³-hybridized carbons (Fsp3) is 0.167. The second kappa shape index (κ2) is 2.91. The van der Waals surface area contributed by atoms with Crippen molar-refractivity contribution in [1.29, 1.82) is 0 Å². The summed E-state index contributed by atoms with van der Waals surface area (Å²) in [4.78, 5) is 14.5. The Bertz CT molecular complexity index is 222. The molecule has 1 aromatic rings. The lowest BCUT2D eigenvalue weighted by Gasteiger charge is -1.87. The van der Waals surface area contributed by atoms with Gasteiger partial charge in [-0.1, -0.05) is 4.57 Å². The molecule has 0 amide bonds. The van der Waals surface area contributed by atoms with Crippen LogP contribution in [0.25, 0.3) is 0 Å². The number of hydrogen-bond donors (Lipinski definition) is 0. The zero-order valence-corrected chi connectivity index (χ0v) is 5.52. The normalized spacial score (nSPS) is 8.90. The molecule has 10 heavy (non-hydrogen) atoms. The van der Waals surface area contributed by atoms with Crippen LogP contribution in [-0.4, -0.2) is 18.2 Å². The number of ether oxygens (including phenoxy) is 1. The van der Waals surface area contributed by atoms with Gasteiger partial charge in [-0.3, -0.25) is 4.98 Å². The molecular weight excluding hydrogens is 132 g/mol. The number of carbonyl (C=O) groups is 1. The summed E-state index contributed by atoms with van der Waals surface area (Å²) < 4.78 is 5.73. The van der Waals surface area contributed by atoms with Crippen molar-refractivity contribution >= 4 is 6.09 Å². The predicted octanol–water partition coefficient (Wildman–Crippen LogP) is -0.0164. The van der Waals surface area contributed by atoms with Crippen molar-refractivity contribution < 1.29 is 14.1 Å². The summed E-state index contributed by atoms with van der Waals surface area (Å²) in [5.41, 5.74) is 0. The van der Waals surface area contributed by atoms with Crippen LogP contribution in [0.3, 0.4) is 0 Å². The van der Waals surface area contributed by atoms with Crippen LogP contribution in [0.5, 0.6) is 0 Å². The highest BCUT2D eigenvalue weighted by atomic mass is 16.5. The lowest BCUT2D eigenvalue weighted by atomic mass is 10.7. The van der Waals surface area contributed by atoms with Gasteiger partial charge < -0.3 is 4.74 Å². The SMILES string of the molecule is COC(=O)[n+]1ccncc1. The van der Waals surface area contributed by atoms with Gasteiger partial charge in [-0.05, 0) is 0 Å². The van der Waals surface area contributed by atoms with Gasteiger partial charge in [0, 0.05) is 0 Å². The molecule has 0 unspecified atom stereocenters. The smallest absolute Gasteiger partial charge is 0.415 e. The van der Waals surface area contributed by atoms with Gasteiger partial charge in [-0.25, -0.2) is 0 Å². The Balaban J connectivity index is 2.85. The molecule has 0 fully saturated rings. The number of aromatic nitrogens is 2. The largest absolute Gasteiger partial charge is 0.601 e. The summed E-state index contributed by atoms with van der Waals surface area (Å²) in [6, 6.07) is 0. The molecular formula is C6H7N2O2+. The number of carbonyl (C=O) groups excluding carboxylic acids is 1. The molecule has 4 nitrogen and oxygen atoms in total. The number of rotatable bonds is 0. The molecule has 0 radical (unpaired) electrons. The van der Waals surface area contributed by atoms with Gasteiger partial charge in [0.1, 0.15) is 0 Å². The maximum atomic E-state index is 10.7. The lowest BCUT2D eigenvalue weighted by molar-refractivity contribution is -0.585. The highest BCUT2D eigenvalue weighted by Gasteiger charge is 2.11. The van der Waals surface area contributed by atoms with Gasteiger partial charge in [-0.2, -0.15) is 4.79 Å². The van der Waals surface area contributed by atoms with Gasteiger partial charge >= 0.3 is 6.09 Å². The Hall–Kier alpha value is -1.45. The van der Waals surface area contributed by atoms with Crippen LogP contribution < -0.4 is 4.57 Å². The number of hydrogen-bond acceptors (Lipinski definition) is 3. The van der Waals surface area contributed by atoms with E-state index in [1.165, 1.54) is 36.5 Å². The highest BCUT2D eigenvalue weighted by Crippen LogP contribution is 1.73. The third-order valence-electron chi connectivity index (χ3n) is 1.01. The first-order chi connectivity index (χ1) is 4.84. The average molecular weight is 139 g/mol. The topological polar surface area (TPSA) is 43.1 Å². The Morgan fingerprint density at radius 2 is 2.10 bits per heavy atom. The molecule has 0 spiro atoms. The standard InChI is InChI=1S/C6H7N2O2/c1-10-6(9)8-4-2-7-3-5-8/h2-5H,1H3/q+1. The van der Waals surface area contributed by atoms with E-state index >= 15 is 0 Å². The van der Waals surface area contributed by atoms with Crippen LogP contribution in [0.1, 0.15) is 0 Å².